The number of hydrogen-bond acceptors (Lipinski definition) is 3. The maximum atomic E-state index is 8.56. The third-order valence-corrected chi connectivity index (χ3v) is 0.893. The Morgan fingerprint density at radius 1 is 1.50 bits per heavy atom. The Hall–Kier alpha value is 0.170. The van der Waals surface area contributed by atoms with Gasteiger partial charge in [-0.1, -0.05) is 6.92 Å². The minimum absolute atomic E-state index is 0. The van der Waals surface area contributed by atoms with Crippen molar-refractivity contribution in [1.29, 1.82) is 0 Å². The standard InChI is InChI=1S/C4H11NO2.ClH/c1-2-4(6,7)3-5;/h6-7H,2-3,5H2,1H3;1H. The average Bonchev–Trinajstić information content (AvgIpc) is 1.68. The van der Waals surface area contributed by atoms with Crippen molar-refractivity contribution in [3.63, 3.8) is 0 Å². The lowest BCUT2D eigenvalue weighted by atomic mass is 10.2. The zero-order chi connectivity index (χ0) is 5.91. The Morgan fingerprint density at radius 3 is 1.88 bits per heavy atom. The summed E-state index contributed by atoms with van der Waals surface area (Å²) in [6.45, 7) is 1.57. The van der Waals surface area contributed by atoms with E-state index in [0.717, 1.165) is 0 Å². The predicted molar refractivity (Wildman–Crippen MR) is 33.8 cm³/mol. The SMILES string of the molecule is CCC(O)(O)CN.Cl. The van der Waals surface area contributed by atoms with Crippen molar-refractivity contribution >= 4 is 12.4 Å². The smallest absolute Gasteiger partial charge is 0.174 e. The molecule has 0 aromatic rings. The van der Waals surface area contributed by atoms with Crippen LogP contribution in [0.1, 0.15) is 13.3 Å². The second-order valence-electron chi connectivity index (χ2n) is 1.54. The van der Waals surface area contributed by atoms with E-state index in [2.05, 4.69) is 0 Å². The maximum absolute atomic E-state index is 8.56. The molecule has 0 atom stereocenters. The van der Waals surface area contributed by atoms with Gasteiger partial charge in [-0.2, -0.15) is 0 Å². The van der Waals surface area contributed by atoms with Crippen LogP contribution in [0.4, 0.5) is 0 Å². The number of hydrogen-bond donors (Lipinski definition) is 3. The van der Waals surface area contributed by atoms with Gasteiger partial charge in [-0.15, -0.1) is 12.4 Å². The van der Waals surface area contributed by atoms with E-state index < -0.39 is 5.79 Å². The van der Waals surface area contributed by atoms with Gasteiger partial charge in [0.1, 0.15) is 0 Å². The first-order valence-corrected chi connectivity index (χ1v) is 2.27. The molecule has 0 fully saturated rings. The van der Waals surface area contributed by atoms with Gasteiger partial charge in [0.25, 0.3) is 0 Å². The highest BCUT2D eigenvalue weighted by Gasteiger charge is 2.15. The van der Waals surface area contributed by atoms with Crippen LogP contribution >= 0.6 is 12.4 Å². The van der Waals surface area contributed by atoms with Gasteiger partial charge < -0.3 is 15.9 Å². The molecule has 0 rings (SSSR count). The lowest BCUT2D eigenvalue weighted by Gasteiger charge is -2.15. The Bertz CT molecular complexity index is 52.0. The fraction of sp³-hybridized carbons (Fsp3) is 1.00. The number of halogens is 1. The first-order valence-electron chi connectivity index (χ1n) is 2.27. The van der Waals surface area contributed by atoms with Gasteiger partial charge >= 0.3 is 0 Å². The van der Waals surface area contributed by atoms with Gasteiger partial charge in [0.05, 0.1) is 0 Å². The molecule has 0 saturated heterocycles. The fourth-order valence-corrected chi connectivity index (χ4v) is 0.144. The van der Waals surface area contributed by atoms with Crippen LogP contribution in [0, 0.1) is 0 Å². The van der Waals surface area contributed by atoms with Crippen molar-refractivity contribution in [2.75, 3.05) is 6.54 Å². The summed E-state index contributed by atoms with van der Waals surface area (Å²) in [5.41, 5.74) is 4.92. The normalized spacial score (nSPS) is 10.5. The van der Waals surface area contributed by atoms with Gasteiger partial charge in [-0.05, 0) is 6.42 Å². The summed E-state index contributed by atoms with van der Waals surface area (Å²) in [7, 11) is 0. The molecule has 0 heterocycles. The van der Waals surface area contributed by atoms with Crippen molar-refractivity contribution in [2.45, 2.75) is 19.1 Å². The summed E-state index contributed by atoms with van der Waals surface area (Å²) >= 11 is 0. The highest BCUT2D eigenvalue weighted by Crippen LogP contribution is 1.99. The average molecular weight is 142 g/mol. The molecule has 4 heteroatoms. The summed E-state index contributed by atoms with van der Waals surface area (Å²) < 4.78 is 0. The van der Waals surface area contributed by atoms with Gasteiger partial charge in [0, 0.05) is 6.54 Å². The van der Waals surface area contributed by atoms with Crippen LogP contribution in [-0.2, 0) is 0 Å². The van der Waals surface area contributed by atoms with E-state index in [0.29, 0.717) is 0 Å². The van der Waals surface area contributed by atoms with Crippen molar-refractivity contribution in [3.8, 4) is 0 Å². The fourth-order valence-electron chi connectivity index (χ4n) is 0.144. The molecule has 0 spiro atoms. The first-order chi connectivity index (χ1) is 3.12. The van der Waals surface area contributed by atoms with Gasteiger partial charge in [-0.25, -0.2) is 0 Å². The third kappa shape index (κ3) is 4.33. The number of rotatable bonds is 2. The van der Waals surface area contributed by atoms with Crippen molar-refractivity contribution in [3.05, 3.63) is 0 Å². The molecular weight excluding hydrogens is 130 g/mol. The van der Waals surface area contributed by atoms with Gasteiger partial charge in [0.2, 0.25) is 0 Å². The van der Waals surface area contributed by atoms with Gasteiger partial charge in [0.15, 0.2) is 5.79 Å². The second kappa shape index (κ2) is 4.09. The zero-order valence-electron chi connectivity index (χ0n) is 4.79. The molecule has 0 bridgehead atoms. The Balaban J connectivity index is 0. The molecule has 0 aromatic heterocycles. The van der Waals surface area contributed by atoms with E-state index in [1.165, 1.54) is 0 Å². The van der Waals surface area contributed by atoms with E-state index in [1.807, 2.05) is 0 Å². The molecule has 0 radical (unpaired) electrons. The molecule has 0 aliphatic heterocycles. The predicted octanol–water partition coefficient (Wildman–Crippen LogP) is -0.542. The monoisotopic (exact) mass is 141 g/mol. The van der Waals surface area contributed by atoms with Crippen LogP contribution in [0.25, 0.3) is 0 Å². The van der Waals surface area contributed by atoms with E-state index in [4.69, 9.17) is 15.9 Å². The van der Waals surface area contributed by atoms with E-state index in [9.17, 15) is 0 Å². The van der Waals surface area contributed by atoms with Crippen LogP contribution in [0.5, 0.6) is 0 Å². The molecule has 3 nitrogen and oxygen atoms in total. The Kier molecular flexibility index (Phi) is 5.64. The molecule has 0 aliphatic carbocycles. The van der Waals surface area contributed by atoms with Crippen LogP contribution < -0.4 is 5.73 Å². The molecule has 52 valence electrons. The minimum atomic E-state index is -1.64. The Labute approximate surface area is 54.9 Å². The summed E-state index contributed by atoms with van der Waals surface area (Å²) in [6.07, 6.45) is 0.281. The summed E-state index contributed by atoms with van der Waals surface area (Å²) in [4.78, 5) is 0. The molecule has 0 amide bonds. The second-order valence-corrected chi connectivity index (χ2v) is 1.54. The minimum Gasteiger partial charge on any atom is -0.365 e. The molecule has 8 heavy (non-hydrogen) atoms. The molecule has 4 N–H and O–H groups in total. The lowest BCUT2D eigenvalue weighted by Crippen LogP contribution is -2.36. The van der Waals surface area contributed by atoms with Crippen molar-refractivity contribution in [2.24, 2.45) is 5.73 Å². The van der Waals surface area contributed by atoms with Crippen LogP contribution in [0.2, 0.25) is 0 Å². The molecular formula is C4H12ClNO2. The van der Waals surface area contributed by atoms with Crippen LogP contribution in [0.15, 0.2) is 0 Å². The first kappa shape index (κ1) is 11.0. The lowest BCUT2D eigenvalue weighted by molar-refractivity contribution is -0.153. The summed E-state index contributed by atoms with van der Waals surface area (Å²) in [6, 6.07) is 0. The van der Waals surface area contributed by atoms with E-state index in [-0.39, 0.29) is 25.4 Å². The molecule has 0 unspecified atom stereocenters. The maximum Gasteiger partial charge on any atom is 0.174 e. The molecule has 0 aromatic carbocycles. The topological polar surface area (TPSA) is 66.5 Å². The third-order valence-electron chi connectivity index (χ3n) is 0.893. The zero-order valence-corrected chi connectivity index (χ0v) is 5.61. The van der Waals surface area contributed by atoms with Crippen molar-refractivity contribution < 1.29 is 10.2 Å². The van der Waals surface area contributed by atoms with E-state index in [1.54, 1.807) is 6.92 Å². The Morgan fingerprint density at radius 2 is 1.88 bits per heavy atom. The van der Waals surface area contributed by atoms with E-state index >= 15 is 0 Å². The largest absolute Gasteiger partial charge is 0.365 e. The van der Waals surface area contributed by atoms with Crippen molar-refractivity contribution in [1.82, 2.24) is 0 Å². The highest BCUT2D eigenvalue weighted by molar-refractivity contribution is 5.85. The van der Waals surface area contributed by atoms with Crippen LogP contribution in [-0.4, -0.2) is 22.5 Å². The highest BCUT2D eigenvalue weighted by atomic mass is 35.5. The van der Waals surface area contributed by atoms with Crippen LogP contribution in [0.3, 0.4) is 0 Å². The summed E-state index contributed by atoms with van der Waals surface area (Å²) in [5.74, 6) is -1.64. The number of aliphatic hydroxyl groups is 2. The quantitative estimate of drug-likeness (QED) is 0.453. The summed E-state index contributed by atoms with van der Waals surface area (Å²) in [5, 5.41) is 17.1. The van der Waals surface area contributed by atoms with Gasteiger partial charge in [-0.3, -0.25) is 0 Å². The molecule has 0 aliphatic rings. The molecule has 0 saturated carbocycles. The number of nitrogens with two attached hydrogens (primary N) is 1.